The van der Waals surface area contributed by atoms with Crippen LogP contribution < -0.4 is 4.74 Å². The van der Waals surface area contributed by atoms with E-state index in [1.807, 2.05) is 6.07 Å². The minimum absolute atomic E-state index is 0.0603. The highest BCUT2D eigenvalue weighted by Gasteiger charge is 2.16. The Morgan fingerprint density at radius 1 is 1.40 bits per heavy atom. The molecule has 5 heteroatoms. The molecule has 1 aromatic carbocycles. The zero-order chi connectivity index (χ0) is 15.1. The minimum atomic E-state index is -0.675. The van der Waals surface area contributed by atoms with E-state index in [0.29, 0.717) is 16.9 Å². The quantitative estimate of drug-likeness (QED) is 0.355. The number of ketones is 1. The maximum Gasteiger partial charge on any atom is 0.341 e. The van der Waals surface area contributed by atoms with Crippen molar-refractivity contribution in [2.75, 3.05) is 13.7 Å². The molecule has 20 heavy (non-hydrogen) atoms. The third-order valence-corrected chi connectivity index (χ3v) is 2.54. The van der Waals surface area contributed by atoms with E-state index < -0.39 is 11.8 Å². The summed E-state index contributed by atoms with van der Waals surface area (Å²) in [6.45, 7) is 3.14. The van der Waals surface area contributed by atoms with Crippen LogP contribution in [0.5, 0.6) is 5.75 Å². The first-order valence-electron chi connectivity index (χ1n) is 6.01. The molecule has 5 nitrogen and oxygen atoms in total. The minimum Gasteiger partial charge on any atom is -0.496 e. The van der Waals surface area contributed by atoms with Crippen LogP contribution in [0.1, 0.15) is 25.0 Å². The number of esters is 1. The van der Waals surface area contributed by atoms with Crippen molar-refractivity contribution in [3.05, 3.63) is 34.9 Å². The van der Waals surface area contributed by atoms with Crippen LogP contribution in [0.3, 0.4) is 0 Å². The molecule has 0 unspecified atom stereocenters. The van der Waals surface area contributed by atoms with Crippen LogP contribution in [-0.4, -0.2) is 25.5 Å². The van der Waals surface area contributed by atoms with Gasteiger partial charge < -0.3 is 9.47 Å². The van der Waals surface area contributed by atoms with Crippen LogP contribution in [0.15, 0.2) is 23.8 Å². The number of methoxy groups -OCH3 is 1. The standard InChI is InChI=1S/C15H15NO4/c1-4-20-15(18)13(10(2)17)8-12-6-5-11(9-16)7-14(12)19-3/h5-8H,4H2,1-3H3. The Kier molecular flexibility index (Phi) is 5.48. The first kappa shape index (κ1) is 15.4. The normalized spacial score (nSPS) is 10.6. The van der Waals surface area contributed by atoms with Gasteiger partial charge in [0.15, 0.2) is 5.78 Å². The average Bonchev–Trinajstić information content (AvgIpc) is 2.44. The molecule has 0 heterocycles. The second kappa shape index (κ2) is 7.10. The summed E-state index contributed by atoms with van der Waals surface area (Å²) >= 11 is 0. The lowest BCUT2D eigenvalue weighted by atomic mass is 10.1. The highest BCUT2D eigenvalue weighted by atomic mass is 16.5. The van der Waals surface area contributed by atoms with Gasteiger partial charge in [-0.3, -0.25) is 4.79 Å². The average molecular weight is 273 g/mol. The van der Waals surface area contributed by atoms with E-state index in [1.54, 1.807) is 19.1 Å². The Morgan fingerprint density at radius 2 is 2.10 bits per heavy atom. The lowest BCUT2D eigenvalue weighted by Gasteiger charge is -2.07. The van der Waals surface area contributed by atoms with E-state index in [9.17, 15) is 9.59 Å². The lowest BCUT2D eigenvalue weighted by Crippen LogP contribution is -2.13. The van der Waals surface area contributed by atoms with E-state index >= 15 is 0 Å². The molecule has 0 bridgehead atoms. The van der Waals surface area contributed by atoms with Crippen molar-refractivity contribution in [2.24, 2.45) is 0 Å². The van der Waals surface area contributed by atoms with Crippen molar-refractivity contribution in [2.45, 2.75) is 13.8 Å². The third-order valence-electron chi connectivity index (χ3n) is 2.54. The number of Topliss-reactive ketones (excluding diaryl/α,β-unsaturated/α-hetero) is 1. The summed E-state index contributed by atoms with van der Waals surface area (Å²) < 4.78 is 9.98. The van der Waals surface area contributed by atoms with Crippen LogP contribution in [-0.2, 0) is 14.3 Å². The molecule has 0 aliphatic rings. The van der Waals surface area contributed by atoms with E-state index in [0.717, 1.165) is 0 Å². The molecule has 0 saturated heterocycles. The fourth-order valence-electron chi connectivity index (χ4n) is 1.57. The Labute approximate surface area is 117 Å². The summed E-state index contributed by atoms with van der Waals surface area (Å²) in [7, 11) is 1.45. The second-order valence-corrected chi connectivity index (χ2v) is 3.90. The smallest absolute Gasteiger partial charge is 0.341 e. The molecule has 1 rings (SSSR count). The van der Waals surface area contributed by atoms with Gasteiger partial charge in [0.2, 0.25) is 0 Å². The van der Waals surface area contributed by atoms with Crippen molar-refractivity contribution in [3.8, 4) is 11.8 Å². The summed E-state index contributed by atoms with van der Waals surface area (Å²) in [6, 6.07) is 6.72. The first-order chi connectivity index (χ1) is 9.53. The monoisotopic (exact) mass is 273 g/mol. The zero-order valence-electron chi connectivity index (χ0n) is 11.6. The van der Waals surface area contributed by atoms with Gasteiger partial charge in [0, 0.05) is 5.56 Å². The molecule has 0 atom stereocenters. The van der Waals surface area contributed by atoms with Crippen LogP contribution in [0, 0.1) is 11.3 Å². The van der Waals surface area contributed by atoms with Crippen LogP contribution in [0.4, 0.5) is 0 Å². The van der Waals surface area contributed by atoms with Gasteiger partial charge in [-0.2, -0.15) is 5.26 Å². The molecule has 0 spiro atoms. The molecule has 0 fully saturated rings. The summed E-state index contributed by atoms with van der Waals surface area (Å²) in [5, 5.41) is 8.83. The zero-order valence-corrected chi connectivity index (χ0v) is 11.6. The van der Waals surface area contributed by atoms with Gasteiger partial charge in [0.05, 0.1) is 25.3 Å². The third kappa shape index (κ3) is 3.69. The van der Waals surface area contributed by atoms with E-state index in [4.69, 9.17) is 14.7 Å². The van der Waals surface area contributed by atoms with Gasteiger partial charge in [-0.1, -0.05) is 0 Å². The molecule has 104 valence electrons. The number of nitrogens with zero attached hydrogens (tertiary/aromatic N) is 1. The lowest BCUT2D eigenvalue weighted by molar-refractivity contribution is -0.139. The van der Waals surface area contributed by atoms with Crippen LogP contribution in [0.25, 0.3) is 6.08 Å². The Balaban J connectivity index is 3.27. The van der Waals surface area contributed by atoms with E-state index in [-0.39, 0.29) is 12.2 Å². The number of hydrogen-bond acceptors (Lipinski definition) is 5. The van der Waals surface area contributed by atoms with Crippen molar-refractivity contribution in [1.82, 2.24) is 0 Å². The molecule has 0 amide bonds. The predicted octanol–water partition coefficient (Wildman–Crippen LogP) is 2.10. The Morgan fingerprint density at radius 3 is 2.60 bits per heavy atom. The summed E-state index contributed by atoms with van der Waals surface area (Å²) in [5.41, 5.74) is 0.902. The number of benzene rings is 1. The molecule has 0 radical (unpaired) electrons. The van der Waals surface area contributed by atoms with Gasteiger partial charge in [-0.25, -0.2) is 4.79 Å². The molecule has 0 N–H and O–H groups in total. The van der Waals surface area contributed by atoms with Crippen LogP contribution >= 0.6 is 0 Å². The maximum absolute atomic E-state index is 11.7. The maximum atomic E-state index is 11.7. The fourth-order valence-corrected chi connectivity index (χ4v) is 1.57. The number of carbonyl (C=O) groups is 2. The predicted molar refractivity (Wildman–Crippen MR) is 73.0 cm³/mol. The number of hydrogen-bond donors (Lipinski definition) is 0. The summed E-state index contributed by atoms with van der Waals surface area (Å²) in [6.07, 6.45) is 1.40. The van der Waals surface area contributed by atoms with E-state index in [2.05, 4.69) is 0 Å². The number of nitriles is 1. The molecule has 0 aliphatic carbocycles. The largest absolute Gasteiger partial charge is 0.496 e. The second-order valence-electron chi connectivity index (χ2n) is 3.90. The summed E-state index contributed by atoms with van der Waals surface area (Å²) in [5.74, 6) is -0.659. The molecule has 0 aliphatic heterocycles. The van der Waals surface area contributed by atoms with Gasteiger partial charge in [-0.05, 0) is 38.1 Å². The SMILES string of the molecule is CCOC(=O)C(=Cc1ccc(C#N)cc1OC)C(C)=O. The van der Waals surface area contributed by atoms with Crippen molar-refractivity contribution in [1.29, 1.82) is 5.26 Å². The summed E-state index contributed by atoms with van der Waals surface area (Å²) in [4.78, 5) is 23.2. The molecule has 0 saturated carbocycles. The molecule has 0 aromatic heterocycles. The number of ether oxygens (including phenoxy) is 2. The van der Waals surface area contributed by atoms with Gasteiger partial charge in [-0.15, -0.1) is 0 Å². The Bertz CT molecular complexity index is 596. The molecular formula is C15H15NO4. The highest BCUT2D eigenvalue weighted by Crippen LogP contribution is 2.23. The Hall–Kier alpha value is -2.61. The van der Waals surface area contributed by atoms with E-state index in [1.165, 1.54) is 26.2 Å². The van der Waals surface area contributed by atoms with Crippen molar-refractivity contribution in [3.63, 3.8) is 0 Å². The molecule has 1 aromatic rings. The van der Waals surface area contributed by atoms with Gasteiger partial charge in [0.1, 0.15) is 11.3 Å². The number of rotatable bonds is 5. The molecular weight excluding hydrogens is 258 g/mol. The van der Waals surface area contributed by atoms with Gasteiger partial charge >= 0.3 is 5.97 Å². The fraction of sp³-hybridized carbons (Fsp3) is 0.267. The highest BCUT2D eigenvalue weighted by molar-refractivity contribution is 6.19. The van der Waals surface area contributed by atoms with Crippen molar-refractivity contribution >= 4 is 17.8 Å². The number of carbonyl (C=O) groups excluding carboxylic acids is 2. The van der Waals surface area contributed by atoms with Gasteiger partial charge in [0.25, 0.3) is 0 Å². The van der Waals surface area contributed by atoms with Crippen LogP contribution in [0.2, 0.25) is 0 Å². The van der Waals surface area contributed by atoms with Crippen molar-refractivity contribution < 1.29 is 19.1 Å². The first-order valence-corrected chi connectivity index (χ1v) is 6.01. The topological polar surface area (TPSA) is 76.4 Å².